The molecule has 1 aromatic heterocycles. The minimum atomic E-state index is -0.239. The quantitative estimate of drug-likeness (QED) is 0.458. The van der Waals surface area contributed by atoms with Gasteiger partial charge in [-0.25, -0.2) is 0 Å². The molecule has 1 heterocycles. The maximum Gasteiger partial charge on any atom is 0.267 e. The van der Waals surface area contributed by atoms with Crippen molar-refractivity contribution in [1.82, 2.24) is 5.32 Å². The van der Waals surface area contributed by atoms with Gasteiger partial charge in [0.15, 0.2) is 5.11 Å². The normalized spacial score (nSPS) is 10.1. The summed E-state index contributed by atoms with van der Waals surface area (Å²) in [5.41, 5.74) is 0.675. The van der Waals surface area contributed by atoms with Crippen molar-refractivity contribution in [2.24, 2.45) is 0 Å². The molecular formula is C20H18N2O3S2. The molecule has 0 saturated carbocycles. The fourth-order valence-corrected chi connectivity index (χ4v) is 3.07. The van der Waals surface area contributed by atoms with Crippen LogP contribution in [0.4, 0.5) is 5.69 Å². The summed E-state index contributed by atoms with van der Waals surface area (Å²) >= 11 is 6.58. The third-order valence-corrected chi connectivity index (χ3v) is 4.53. The van der Waals surface area contributed by atoms with Gasteiger partial charge in [0.2, 0.25) is 0 Å². The number of amides is 1. The number of thiophene rings is 1. The fraction of sp³-hybridized carbons (Fsp3) is 0.100. The summed E-state index contributed by atoms with van der Waals surface area (Å²) in [6.07, 6.45) is 0. The predicted molar refractivity (Wildman–Crippen MR) is 112 cm³/mol. The Kier molecular flexibility index (Phi) is 6.78. The van der Waals surface area contributed by atoms with Crippen LogP contribution in [0.5, 0.6) is 11.5 Å². The Balaban J connectivity index is 1.51. The maximum absolute atomic E-state index is 12.1. The van der Waals surface area contributed by atoms with E-state index >= 15 is 0 Å². The lowest BCUT2D eigenvalue weighted by molar-refractivity contribution is 0.0981. The maximum atomic E-state index is 12.1. The first-order chi connectivity index (χ1) is 13.2. The van der Waals surface area contributed by atoms with Gasteiger partial charge in [0, 0.05) is 0 Å². The Morgan fingerprint density at radius 2 is 1.67 bits per heavy atom. The molecule has 7 heteroatoms. The van der Waals surface area contributed by atoms with E-state index in [2.05, 4.69) is 10.6 Å². The number of rotatable bonds is 7. The van der Waals surface area contributed by atoms with E-state index in [0.717, 1.165) is 5.75 Å². The third kappa shape index (κ3) is 5.80. The van der Waals surface area contributed by atoms with Crippen molar-refractivity contribution in [1.29, 1.82) is 0 Å². The standard InChI is InChI=1S/C20H18N2O3S2/c23-19(18-11-6-14-27-18)22-20(26)21-16-9-4-5-10-17(16)25-13-12-24-15-7-2-1-3-8-15/h1-11,14H,12-13H2,(H2,21,22,23,26). The van der Waals surface area contributed by atoms with E-state index in [-0.39, 0.29) is 11.0 Å². The highest BCUT2D eigenvalue weighted by atomic mass is 32.1. The molecule has 0 radical (unpaired) electrons. The first-order valence-electron chi connectivity index (χ1n) is 8.28. The zero-order valence-corrected chi connectivity index (χ0v) is 16.0. The number of ether oxygens (including phenoxy) is 2. The van der Waals surface area contributed by atoms with Gasteiger partial charge in [0.1, 0.15) is 24.7 Å². The molecule has 2 aromatic carbocycles. The van der Waals surface area contributed by atoms with Crippen LogP contribution in [0.2, 0.25) is 0 Å². The summed E-state index contributed by atoms with van der Waals surface area (Å²) in [6.45, 7) is 0.791. The van der Waals surface area contributed by atoms with Gasteiger partial charge in [-0.2, -0.15) is 0 Å². The van der Waals surface area contributed by atoms with Gasteiger partial charge in [-0.1, -0.05) is 36.4 Å². The smallest absolute Gasteiger partial charge is 0.267 e. The molecule has 0 aliphatic heterocycles. The molecule has 5 nitrogen and oxygen atoms in total. The summed E-state index contributed by atoms with van der Waals surface area (Å²) in [5.74, 6) is 1.18. The molecule has 0 unspecified atom stereocenters. The highest BCUT2D eigenvalue weighted by molar-refractivity contribution is 7.80. The van der Waals surface area contributed by atoms with Gasteiger partial charge in [0.05, 0.1) is 10.6 Å². The first kappa shape index (κ1) is 18.9. The zero-order chi connectivity index (χ0) is 18.9. The highest BCUT2D eigenvalue weighted by Gasteiger charge is 2.10. The molecule has 2 N–H and O–H groups in total. The third-order valence-electron chi connectivity index (χ3n) is 3.46. The second kappa shape index (κ2) is 9.70. The van der Waals surface area contributed by atoms with E-state index in [4.69, 9.17) is 21.7 Å². The van der Waals surface area contributed by atoms with Gasteiger partial charge < -0.3 is 14.8 Å². The number of benzene rings is 2. The molecule has 0 atom stereocenters. The minimum Gasteiger partial charge on any atom is -0.490 e. The molecule has 3 aromatic rings. The molecule has 0 spiro atoms. The van der Waals surface area contributed by atoms with Gasteiger partial charge in [0.25, 0.3) is 5.91 Å². The molecule has 0 aliphatic rings. The summed E-state index contributed by atoms with van der Waals surface area (Å²) in [5, 5.41) is 7.71. The molecule has 0 aliphatic carbocycles. The molecule has 1 amide bonds. The lowest BCUT2D eigenvalue weighted by atomic mass is 10.3. The molecule has 0 saturated heterocycles. The zero-order valence-electron chi connectivity index (χ0n) is 14.4. The lowest BCUT2D eigenvalue weighted by Gasteiger charge is -2.14. The van der Waals surface area contributed by atoms with Crippen LogP contribution in [0.15, 0.2) is 72.1 Å². The number of hydrogen-bond donors (Lipinski definition) is 2. The van der Waals surface area contributed by atoms with E-state index in [1.165, 1.54) is 11.3 Å². The number of carbonyl (C=O) groups excluding carboxylic acids is 1. The number of hydrogen-bond acceptors (Lipinski definition) is 5. The van der Waals surface area contributed by atoms with Crippen LogP contribution in [0.1, 0.15) is 9.67 Å². The van der Waals surface area contributed by atoms with Crippen molar-refractivity contribution in [3.05, 3.63) is 77.0 Å². The van der Waals surface area contributed by atoms with Crippen LogP contribution in [0.3, 0.4) is 0 Å². The Bertz CT molecular complexity index is 883. The number of anilines is 1. The van der Waals surface area contributed by atoms with E-state index in [1.54, 1.807) is 6.07 Å². The molecule has 0 fully saturated rings. The topological polar surface area (TPSA) is 59.6 Å². The van der Waals surface area contributed by atoms with Crippen molar-refractivity contribution in [2.75, 3.05) is 18.5 Å². The van der Waals surface area contributed by atoms with E-state index < -0.39 is 0 Å². The van der Waals surface area contributed by atoms with Crippen LogP contribution < -0.4 is 20.1 Å². The highest BCUT2D eigenvalue weighted by Crippen LogP contribution is 2.23. The van der Waals surface area contributed by atoms with Crippen molar-refractivity contribution in [3.63, 3.8) is 0 Å². The van der Waals surface area contributed by atoms with Crippen LogP contribution in [0.25, 0.3) is 0 Å². The van der Waals surface area contributed by atoms with Crippen LogP contribution in [-0.2, 0) is 0 Å². The monoisotopic (exact) mass is 398 g/mol. The molecule has 0 bridgehead atoms. The summed E-state index contributed by atoms with van der Waals surface area (Å²) in [6, 6.07) is 20.5. The second-order valence-corrected chi connectivity index (χ2v) is 6.75. The Morgan fingerprint density at radius 3 is 2.44 bits per heavy atom. The SMILES string of the molecule is O=C(NC(=S)Nc1ccccc1OCCOc1ccccc1)c1cccs1. The van der Waals surface area contributed by atoms with Crippen LogP contribution in [-0.4, -0.2) is 24.2 Å². The van der Waals surface area contributed by atoms with Gasteiger partial charge in [-0.05, 0) is 47.9 Å². The van der Waals surface area contributed by atoms with Crippen molar-refractivity contribution < 1.29 is 14.3 Å². The molecule has 138 valence electrons. The van der Waals surface area contributed by atoms with Gasteiger partial charge in [-0.3, -0.25) is 10.1 Å². The van der Waals surface area contributed by atoms with Gasteiger partial charge >= 0.3 is 0 Å². The summed E-state index contributed by atoms with van der Waals surface area (Å²) in [4.78, 5) is 12.7. The van der Waals surface area contributed by atoms with Crippen LogP contribution in [0, 0.1) is 0 Å². The largest absolute Gasteiger partial charge is 0.490 e. The van der Waals surface area contributed by atoms with Gasteiger partial charge in [-0.15, -0.1) is 11.3 Å². The Hall–Kier alpha value is -2.90. The number of nitrogens with one attached hydrogen (secondary N) is 2. The van der Waals surface area contributed by atoms with E-state index in [1.807, 2.05) is 66.0 Å². The molecule has 27 heavy (non-hydrogen) atoms. The summed E-state index contributed by atoms with van der Waals surface area (Å²) < 4.78 is 11.4. The van der Waals surface area contributed by atoms with Crippen molar-refractivity contribution in [3.8, 4) is 11.5 Å². The Labute approximate surface area is 166 Å². The second-order valence-electron chi connectivity index (χ2n) is 5.39. The van der Waals surface area contributed by atoms with E-state index in [0.29, 0.717) is 29.5 Å². The molecular weight excluding hydrogens is 380 g/mol. The Morgan fingerprint density at radius 1 is 0.926 bits per heavy atom. The average molecular weight is 399 g/mol. The van der Waals surface area contributed by atoms with Crippen molar-refractivity contribution >= 4 is 40.3 Å². The average Bonchev–Trinajstić information content (AvgIpc) is 3.22. The summed E-state index contributed by atoms with van der Waals surface area (Å²) in [7, 11) is 0. The van der Waals surface area contributed by atoms with Crippen molar-refractivity contribution in [2.45, 2.75) is 0 Å². The fourth-order valence-electron chi connectivity index (χ4n) is 2.25. The number of para-hydroxylation sites is 3. The first-order valence-corrected chi connectivity index (χ1v) is 9.56. The van der Waals surface area contributed by atoms with Crippen LogP contribution >= 0.6 is 23.6 Å². The number of carbonyl (C=O) groups is 1. The minimum absolute atomic E-state index is 0.213. The molecule has 3 rings (SSSR count). The van der Waals surface area contributed by atoms with E-state index in [9.17, 15) is 4.79 Å². The number of thiocarbonyl (C=S) groups is 1. The predicted octanol–water partition coefficient (Wildman–Crippen LogP) is 4.33. The lowest BCUT2D eigenvalue weighted by Crippen LogP contribution is -2.33.